The molecule has 4 aromatic rings. The predicted octanol–water partition coefficient (Wildman–Crippen LogP) is 2.55. The van der Waals surface area contributed by atoms with E-state index in [-0.39, 0.29) is 29.2 Å². The maximum absolute atomic E-state index is 14.1. The summed E-state index contributed by atoms with van der Waals surface area (Å²) in [5.41, 5.74) is 0.988. The molecule has 0 bridgehead atoms. The molecule has 146 valence electrons. The summed E-state index contributed by atoms with van der Waals surface area (Å²) in [6, 6.07) is 6.66. The standard InChI is InChI=1S/C19H13F2N5O3/c20-12-4-3-10(14(21)7-12)9-26-18-13(2-1-5-22-18)16(25-26)17-23-8-11(6-15(27)28)19(29)24-17/h1-5,7-8H,6,9H2,(H,27,28)(H,23,24,29). The van der Waals surface area contributed by atoms with E-state index < -0.39 is 29.9 Å². The number of carbonyl (C=O) groups is 1. The van der Waals surface area contributed by atoms with Crippen LogP contribution in [-0.4, -0.2) is 40.9 Å². The third-order valence-corrected chi connectivity index (χ3v) is 4.24. The lowest BCUT2D eigenvalue weighted by Gasteiger charge is -2.05. The van der Waals surface area contributed by atoms with E-state index in [1.165, 1.54) is 16.9 Å². The van der Waals surface area contributed by atoms with Crippen molar-refractivity contribution in [3.05, 3.63) is 65.5 Å². The molecule has 0 saturated heterocycles. The van der Waals surface area contributed by atoms with Crippen LogP contribution in [0.3, 0.4) is 0 Å². The van der Waals surface area contributed by atoms with Gasteiger partial charge in [-0.15, -0.1) is 0 Å². The van der Waals surface area contributed by atoms with Crippen molar-refractivity contribution in [3.8, 4) is 17.4 Å². The number of aliphatic carboxylic acids is 1. The first kappa shape index (κ1) is 18.4. The molecule has 0 spiro atoms. The Bertz CT molecular complexity index is 1240. The molecule has 1 aromatic carbocycles. The number of nitrogens with zero attached hydrogens (tertiary/aromatic N) is 5. The highest BCUT2D eigenvalue weighted by atomic mass is 19.1. The molecular weight excluding hydrogens is 384 g/mol. The molecule has 8 nitrogen and oxygen atoms in total. The number of hydrogen-bond donors (Lipinski definition) is 2. The van der Waals surface area contributed by atoms with Gasteiger partial charge >= 0.3 is 5.97 Å². The van der Waals surface area contributed by atoms with Gasteiger partial charge in [-0.3, -0.25) is 4.79 Å². The average Bonchev–Trinajstić information content (AvgIpc) is 3.04. The predicted molar refractivity (Wildman–Crippen MR) is 97.0 cm³/mol. The third-order valence-electron chi connectivity index (χ3n) is 4.24. The van der Waals surface area contributed by atoms with E-state index in [0.29, 0.717) is 11.0 Å². The lowest BCUT2D eigenvalue weighted by atomic mass is 10.2. The smallest absolute Gasteiger partial charge is 0.308 e. The van der Waals surface area contributed by atoms with E-state index >= 15 is 0 Å². The highest BCUT2D eigenvalue weighted by molar-refractivity contribution is 5.89. The molecule has 0 unspecified atom stereocenters. The topological polar surface area (TPSA) is 114 Å². The van der Waals surface area contributed by atoms with Crippen molar-refractivity contribution < 1.29 is 23.8 Å². The molecule has 0 amide bonds. The summed E-state index contributed by atoms with van der Waals surface area (Å²) in [6.07, 6.45) is 2.33. The van der Waals surface area contributed by atoms with E-state index in [1.54, 1.807) is 18.3 Å². The largest absolute Gasteiger partial charge is 0.493 e. The molecule has 3 heterocycles. The first-order chi connectivity index (χ1) is 13.9. The number of aromatic nitrogens is 5. The van der Waals surface area contributed by atoms with Gasteiger partial charge in [0.2, 0.25) is 5.88 Å². The Morgan fingerprint density at radius 3 is 2.69 bits per heavy atom. The number of carboxylic acids is 1. The van der Waals surface area contributed by atoms with E-state index in [4.69, 9.17) is 5.11 Å². The molecular formula is C19H13F2N5O3. The molecule has 0 fully saturated rings. The van der Waals surface area contributed by atoms with E-state index in [0.717, 1.165) is 12.1 Å². The van der Waals surface area contributed by atoms with E-state index in [9.17, 15) is 18.7 Å². The Balaban J connectivity index is 1.78. The molecule has 0 saturated carbocycles. The minimum Gasteiger partial charge on any atom is -0.493 e. The summed E-state index contributed by atoms with van der Waals surface area (Å²) < 4.78 is 28.6. The van der Waals surface area contributed by atoms with Gasteiger partial charge in [0.1, 0.15) is 17.3 Å². The zero-order valence-corrected chi connectivity index (χ0v) is 14.8. The quantitative estimate of drug-likeness (QED) is 0.532. The van der Waals surface area contributed by atoms with Crippen LogP contribution in [-0.2, 0) is 17.8 Å². The lowest BCUT2D eigenvalue weighted by molar-refractivity contribution is -0.136. The maximum atomic E-state index is 14.1. The number of hydrogen-bond acceptors (Lipinski definition) is 6. The van der Waals surface area contributed by atoms with Gasteiger partial charge in [-0.2, -0.15) is 10.1 Å². The second-order valence-corrected chi connectivity index (χ2v) is 6.23. The fourth-order valence-corrected chi connectivity index (χ4v) is 2.90. The lowest BCUT2D eigenvalue weighted by Crippen LogP contribution is -2.05. The number of aromatic hydroxyl groups is 1. The van der Waals surface area contributed by atoms with Crippen molar-refractivity contribution in [2.24, 2.45) is 0 Å². The molecule has 0 atom stereocenters. The van der Waals surface area contributed by atoms with Gasteiger partial charge in [-0.05, 0) is 18.2 Å². The molecule has 2 N–H and O–H groups in total. The van der Waals surface area contributed by atoms with Crippen LogP contribution in [0, 0.1) is 11.6 Å². The maximum Gasteiger partial charge on any atom is 0.308 e. The normalized spacial score (nSPS) is 11.1. The van der Waals surface area contributed by atoms with Crippen LogP contribution in [0.4, 0.5) is 8.78 Å². The Hall–Kier alpha value is -3.95. The first-order valence-electron chi connectivity index (χ1n) is 8.45. The van der Waals surface area contributed by atoms with Gasteiger partial charge in [0.25, 0.3) is 0 Å². The Kier molecular flexibility index (Phi) is 4.59. The minimum absolute atomic E-state index is 0.0112. The van der Waals surface area contributed by atoms with Crippen LogP contribution in [0.1, 0.15) is 11.1 Å². The van der Waals surface area contributed by atoms with Crippen LogP contribution >= 0.6 is 0 Å². The van der Waals surface area contributed by atoms with Crippen molar-refractivity contribution in [1.82, 2.24) is 24.7 Å². The number of rotatable bonds is 5. The molecule has 4 rings (SSSR count). The van der Waals surface area contributed by atoms with Gasteiger partial charge in [0, 0.05) is 29.6 Å². The average molecular weight is 397 g/mol. The van der Waals surface area contributed by atoms with Gasteiger partial charge in [0.15, 0.2) is 11.5 Å². The van der Waals surface area contributed by atoms with Crippen LogP contribution in [0.5, 0.6) is 5.88 Å². The SMILES string of the molecule is O=C(O)Cc1cnc(-c2nn(Cc3ccc(F)cc3F)c3ncccc23)nc1O. The zero-order valence-electron chi connectivity index (χ0n) is 14.8. The van der Waals surface area contributed by atoms with Crippen LogP contribution in [0.25, 0.3) is 22.6 Å². The van der Waals surface area contributed by atoms with Crippen molar-refractivity contribution in [2.75, 3.05) is 0 Å². The molecule has 29 heavy (non-hydrogen) atoms. The molecule has 0 aliphatic rings. The summed E-state index contributed by atoms with van der Waals surface area (Å²) >= 11 is 0. The van der Waals surface area contributed by atoms with Crippen molar-refractivity contribution in [3.63, 3.8) is 0 Å². The molecule has 0 radical (unpaired) electrons. The van der Waals surface area contributed by atoms with Crippen molar-refractivity contribution >= 4 is 17.0 Å². The Morgan fingerprint density at radius 2 is 1.97 bits per heavy atom. The summed E-state index contributed by atoms with van der Waals surface area (Å²) in [7, 11) is 0. The second-order valence-electron chi connectivity index (χ2n) is 6.23. The number of fused-ring (bicyclic) bond motifs is 1. The number of benzene rings is 1. The Labute approximate surface area is 162 Å². The monoisotopic (exact) mass is 397 g/mol. The fourth-order valence-electron chi connectivity index (χ4n) is 2.90. The third kappa shape index (κ3) is 3.59. The number of halogens is 2. The number of pyridine rings is 1. The first-order valence-corrected chi connectivity index (χ1v) is 8.45. The Morgan fingerprint density at radius 1 is 1.14 bits per heavy atom. The molecule has 0 aliphatic heterocycles. The van der Waals surface area contributed by atoms with Crippen LogP contribution in [0.15, 0.2) is 42.7 Å². The summed E-state index contributed by atoms with van der Waals surface area (Å²) in [5.74, 6) is -2.92. The van der Waals surface area contributed by atoms with Gasteiger partial charge in [-0.1, -0.05) is 6.07 Å². The summed E-state index contributed by atoms with van der Waals surface area (Å²) in [5, 5.41) is 23.8. The molecule has 10 heteroatoms. The van der Waals surface area contributed by atoms with Crippen molar-refractivity contribution in [1.29, 1.82) is 0 Å². The minimum atomic E-state index is -1.13. The molecule has 3 aromatic heterocycles. The second kappa shape index (κ2) is 7.23. The summed E-state index contributed by atoms with van der Waals surface area (Å²) in [6.45, 7) is -0.0112. The number of carboxylic acid groups (broad SMARTS) is 1. The van der Waals surface area contributed by atoms with E-state index in [1.807, 2.05) is 0 Å². The zero-order chi connectivity index (χ0) is 20.5. The fraction of sp³-hybridized carbons (Fsp3) is 0.105. The van der Waals surface area contributed by atoms with Gasteiger partial charge in [-0.25, -0.2) is 23.4 Å². The van der Waals surface area contributed by atoms with Crippen molar-refractivity contribution in [2.45, 2.75) is 13.0 Å². The van der Waals surface area contributed by atoms with Crippen LogP contribution < -0.4 is 0 Å². The van der Waals surface area contributed by atoms with E-state index in [2.05, 4.69) is 20.1 Å². The summed E-state index contributed by atoms with van der Waals surface area (Å²) in [4.78, 5) is 23.1. The van der Waals surface area contributed by atoms with Crippen LogP contribution in [0.2, 0.25) is 0 Å². The highest BCUT2D eigenvalue weighted by Gasteiger charge is 2.18. The van der Waals surface area contributed by atoms with Gasteiger partial charge < -0.3 is 10.2 Å². The molecule has 0 aliphatic carbocycles. The highest BCUT2D eigenvalue weighted by Crippen LogP contribution is 2.27. The van der Waals surface area contributed by atoms with Gasteiger partial charge in [0.05, 0.1) is 18.4 Å².